The van der Waals surface area contributed by atoms with E-state index in [4.69, 9.17) is 5.73 Å². The number of unbranched alkanes of at least 4 members (excludes halogenated alkanes) is 1. The predicted octanol–water partition coefficient (Wildman–Crippen LogP) is 0.535. The third kappa shape index (κ3) is 3.18. The van der Waals surface area contributed by atoms with Crippen LogP contribution in [0.5, 0.6) is 0 Å². The van der Waals surface area contributed by atoms with Gasteiger partial charge >= 0.3 is 0 Å². The van der Waals surface area contributed by atoms with Crippen LogP contribution in [0.25, 0.3) is 0 Å². The topological polar surface area (TPSA) is 75.4 Å². The summed E-state index contributed by atoms with van der Waals surface area (Å²) in [6.07, 6.45) is 5.56. The molecule has 1 amide bonds. The van der Waals surface area contributed by atoms with Crippen LogP contribution in [0, 0.1) is 0 Å². The van der Waals surface area contributed by atoms with E-state index in [2.05, 4.69) is 12.2 Å². The van der Waals surface area contributed by atoms with E-state index in [9.17, 15) is 9.90 Å². The Balaban J connectivity index is 2.33. The van der Waals surface area contributed by atoms with Gasteiger partial charge < -0.3 is 16.2 Å². The summed E-state index contributed by atoms with van der Waals surface area (Å²) in [4.78, 5) is 11.7. The van der Waals surface area contributed by atoms with E-state index in [0.29, 0.717) is 0 Å². The molecule has 4 N–H and O–H groups in total. The van der Waals surface area contributed by atoms with Crippen LogP contribution in [-0.2, 0) is 4.79 Å². The number of carbonyl (C=O) groups is 1. The first-order chi connectivity index (χ1) is 7.13. The number of hydrogen-bond acceptors (Lipinski definition) is 3. The Labute approximate surface area is 91.2 Å². The minimum Gasteiger partial charge on any atom is -0.394 e. The molecule has 0 aliphatic heterocycles. The van der Waals surface area contributed by atoms with Crippen LogP contribution < -0.4 is 11.1 Å². The van der Waals surface area contributed by atoms with Crippen molar-refractivity contribution in [2.45, 2.75) is 57.0 Å². The Morgan fingerprint density at radius 1 is 1.60 bits per heavy atom. The first-order valence-corrected chi connectivity index (χ1v) is 5.82. The second-order valence-electron chi connectivity index (χ2n) is 4.53. The van der Waals surface area contributed by atoms with Crippen molar-refractivity contribution in [1.82, 2.24) is 5.32 Å². The molecule has 4 heteroatoms. The first kappa shape index (κ1) is 12.5. The molecular formula is C11H22N2O2. The van der Waals surface area contributed by atoms with Gasteiger partial charge in [-0.15, -0.1) is 0 Å². The number of rotatable bonds is 6. The zero-order valence-electron chi connectivity index (χ0n) is 9.46. The molecule has 0 aromatic rings. The van der Waals surface area contributed by atoms with E-state index in [1.165, 1.54) is 0 Å². The number of nitrogens with two attached hydrogens (primary N) is 1. The Morgan fingerprint density at radius 3 is 2.67 bits per heavy atom. The second kappa shape index (κ2) is 5.47. The Kier molecular flexibility index (Phi) is 4.54. The minimum atomic E-state index is -0.422. The standard InChI is InChI=1S/C11H22N2O2/c1-2-3-5-9(12)10(15)13-11(8-14)6-4-7-11/h9,14H,2-8,12H2,1H3,(H,13,15). The molecule has 0 heterocycles. The van der Waals surface area contributed by atoms with Gasteiger partial charge in [-0.05, 0) is 25.7 Å². The molecule has 1 rings (SSSR count). The van der Waals surface area contributed by atoms with Gasteiger partial charge in [-0.25, -0.2) is 0 Å². The lowest BCUT2D eigenvalue weighted by Gasteiger charge is -2.41. The highest BCUT2D eigenvalue weighted by atomic mass is 16.3. The van der Waals surface area contributed by atoms with Gasteiger partial charge in [-0.1, -0.05) is 19.8 Å². The lowest BCUT2D eigenvalue weighted by molar-refractivity contribution is -0.126. The number of nitrogens with one attached hydrogen (secondary N) is 1. The van der Waals surface area contributed by atoms with Gasteiger partial charge in [0.25, 0.3) is 0 Å². The van der Waals surface area contributed by atoms with Crippen LogP contribution in [-0.4, -0.2) is 29.2 Å². The summed E-state index contributed by atoms with van der Waals surface area (Å²) in [6, 6.07) is -0.422. The highest BCUT2D eigenvalue weighted by Crippen LogP contribution is 2.31. The maximum absolute atomic E-state index is 11.7. The lowest BCUT2D eigenvalue weighted by Crippen LogP contribution is -2.59. The fourth-order valence-corrected chi connectivity index (χ4v) is 1.84. The number of aliphatic hydroxyl groups is 1. The average molecular weight is 214 g/mol. The number of hydrogen-bond donors (Lipinski definition) is 3. The summed E-state index contributed by atoms with van der Waals surface area (Å²) in [5.74, 6) is -0.114. The van der Waals surface area contributed by atoms with Crippen molar-refractivity contribution in [3.63, 3.8) is 0 Å². The normalized spacial score (nSPS) is 20.5. The highest BCUT2D eigenvalue weighted by molar-refractivity contribution is 5.82. The zero-order valence-corrected chi connectivity index (χ0v) is 9.46. The van der Waals surface area contributed by atoms with Crippen molar-refractivity contribution in [2.24, 2.45) is 5.73 Å². The largest absolute Gasteiger partial charge is 0.394 e. The van der Waals surface area contributed by atoms with Crippen molar-refractivity contribution in [3.8, 4) is 0 Å². The third-order valence-corrected chi connectivity index (χ3v) is 3.21. The van der Waals surface area contributed by atoms with Crippen molar-refractivity contribution >= 4 is 5.91 Å². The molecule has 1 aliphatic rings. The van der Waals surface area contributed by atoms with E-state index in [1.54, 1.807) is 0 Å². The van der Waals surface area contributed by atoms with E-state index in [0.717, 1.165) is 38.5 Å². The summed E-state index contributed by atoms with van der Waals surface area (Å²) in [6.45, 7) is 2.10. The van der Waals surface area contributed by atoms with Gasteiger partial charge in [0, 0.05) is 0 Å². The highest BCUT2D eigenvalue weighted by Gasteiger charge is 2.38. The van der Waals surface area contributed by atoms with Crippen molar-refractivity contribution < 1.29 is 9.90 Å². The zero-order chi connectivity index (χ0) is 11.3. The number of amides is 1. The maximum atomic E-state index is 11.7. The molecule has 0 spiro atoms. The van der Waals surface area contributed by atoms with E-state index >= 15 is 0 Å². The molecule has 0 bridgehead atoms. The van der Waals surface area contributed by atoms with Crippen molar-refractivity contribution in [2.75, 3.05) is 6.61 Å². The van der Waals surface area contributed by atoms with Gasteiger partial charge in [-0.3, -0.25) is 4.79 Å². The van der Waals surface area contributed by atoms with Gasteiger partial charge in [-0.2, -0.15) is 0 Å². The van der Waals surface area contributed by atoms with Crippen molar-refractivity contribution in [1.29, 1.82) is 0 Å². The quantitative estimate of drug-likeness (QED) is 0.604. The van der Waals surface area contributed by atoms with Crippen LogP contribution in [0.2, 0.25) is 0 Å². The van der Waals surface area contributed by atoms with Gasteiger partial charge in [0.05, 0.1) is 18.2 Å². The molecule has 0 saturated heterocycles. The molecule has 1 fully saturated rings. The van der Waals surface area contributed by atoms with Gasteiger partial charge in [0.2, 0.25) is 5.91 Å². The van der Waals surface area contributed by atoms with Gasteiger partial charge in [0.1, 0.15) is 0 Å². The van der Waals surface area contributed by atoms with Crippen molar-refractivity contribution in [3.05, 3.63) is 0 Å². The lowest BCUT2D eigenvalue weighted by atomic mass is 9.77. The number of aliphatic hydroxyl groups excluding tert-OH is 1. The summed E-state index contributed by atoms with van der Waals surface area (Å²) < 4.78 is 0. The molecule has 15 heavy (non-hydrogen) atoms. The molecule has 1 saturated carbocycles. The van der Waals surface area contributed by atoms with Crippen LogP contribution in [0.15, 0.2) is 0 Å². The molecule has 0 aromatic heterocycles. The Morgan fingerprint density at radius 2 is 2.27 bits per heavy atom. The number of carbonyl (C=O) groups excluding carboxylic acids is 1. The molecule has 0 radical (unpaired) electrons. The monoisotopic (exact) mass is 214 g/mol. The maximum Gasteiger partial charge on any atom is 0.237 e. The third-order valence-electron chi connectivity index (χ3n) is 3.21. The Hall–Kier alpha value is -0.610. The predicted molar refractivity (Wildman–Crippen MR) is 59.3 cm³/mol. The second-order valence-corrected chi connectivity index (χ2v) is 4.53. The molecule has 4 nitrogen and oxygen atoms in total. The Bertz CT molecular complexity index is 209. The van der Waals surface area contributed by atoms with Crippen LogP contribution in [0.1, 0.15) is 45.4 Å². The van der Waals surface area contributed by atoms with E-state index < -0.39 is 6.04 Å². The van der Waals surface area contributed by atoms with Gasteiger partial charge in [0.15, 0.2) is 0 Å². The van der Waals surface area contributed by atoms with Crippen LogP contribution >= 0.6 is 0 Å². The molecule has 88 valence electrons. The molecule has 0 aromatic carbocycles. The summed E-state index contributed by atoms with van der Waals surface area (Å²) in [7, 11) is 0. The average Bonchev–Trinajstić information content (AvgIpc) is 2.19. The van der Waals surface area contributed by atoms with E-state index in [1.807, 2.05) is 0 Å². The fourth-order valence-electron chi connectivity index (χ4n) is 1.84. The SMILES string of the molecule is CCCCC(N)C(=O)NC1(CO)CCC1. The summed E-state index contributed by atoms with van der Waals surface area (Å²) in [5.41, 5.74) is 5.39. The summed E-state index contributed by atoms with van der Waals surface area (Å²) >= 11 is 0. The first-order valence-electron chi connectivity index (χ1n) is 5.82. The van der Waals surface area contributed by atoms with Crippen LogP contribution in [0.3, 0.4) is 0 Å². The smallest absolute Gasteiger partial charge is 0.237 e. The molecule has 1 atom stereocenters. The summed E-state index contributed by atoms with van der Waals surface area (Å²) in [5, 5.41) is 12.1. The van der Waals surface area contributed by atoms with Crippen LogP contribution in [0.4, 0.5) is 0 Å². The fraction of sp³-hybridized carbons (Fsp3) is 0.909. The van der Waals surface area contributed by atoms with E-state index in [-0.39, 0.29) is 18.1 Å². The molecule has 1 aliphatic carbocycles. The molecule has 1 unspecified atom stereocenters. The molecular weight excluding hydrogens is 192 g/mol. The minimum absolute atomic E-state index is 0.0270.